The minimum atomic E-state index is -4.19. The molecule has 0 spiro atoms. The molecular formula is C16H25F3IN5O2S. The van der Waals surface area contributed by atoms with Crippen LogP contribution < -0.4 is 15.4 Å². The molecule has 1 saturated heterocycles. The standard InChI is InChI=1S/C16H24F3N5O2S.HI/c1-20-15(23-13-7-8-24(10-13)11-16(17,18)19)22-9-12-3-5-14(6-4-12)27(25,26)21-2;/h3-6,13,21H,7-11H2,1-2H3,(H2,20,22,23);1H. The Labute approximate surface area is 180 Å². The number of nitrogens with one attached hydrogen (secondary N) is 3. The first-order chi connectivity index (χ1) is 12.6. The molecule has 160 valence electrons. The SMILES string of the molecule is CN=C(NCc1ccc(S(=O)(=O)NC)cc1)NC1CCN(CC(F)(F)F)C1.I. The third kappa shape index (κ3) is 7.72. The van der Waals surface area contributed by atoms with E-state index in [1.165, 1.54) is 24.1 Å². The predicted molar refractivity (Wildman–Crippen MR) is 112 cm³/mol. The van der Waals surface area contributed by atoms with Crippen LogP contribution in [0.1, 0.15) is 12.0 Å². The summed E-state index contributed by atoms with van der Waals surface area (Å²) in [7, 11) is -0.546. The summed E-state index contributed by atoms with van der Waals surface area (Å²) in [6.45, 7) is 0.185. The second-order valence-electron chi connectivity index (χ2n) is 6.26. The van der Waals surface area contributed by atoms with Crippen LogP contribution in [0.3, 0.4) is 0 Å². The van der Waals surface area contributed by atoms with Gasteiger partial charge in [-0.2, -0.15) is 13.2 Å². The van der Waals surface area contributed by atoms with E-state index < -0.39 is 22.7 Å². The second kappa shape index (κ2) is 10.6. The molecule has 1 aromatic carbocycles. The molecule has 1 atom stereocenters. The van der Waals surface area contributed by atoms with Crippen molar-refractivity contribution in [1.82, 2.24) is 20.3 Å². The molecule has 0 aromatic heterocycles. The molecule has 0 amide bonds. The van der Waals surface area contributed by atoms with Crippen molar-refractivity contribution in [3.63, 3.8) is 0 Å². The van der Waals surface area contributed by atoms with Crippen molar-refractivity contribution in [3.05, 3.63) is 29.8 Å². The van der Waals surface area contributed by atoms with Gasteiger partial charge in [0.15, 0.2) is 5.96 Å². The number of benzene rings is 1. The minimum absolute atomic E-state index is 0. The van der Waals surface area contributed by atoms with Gasteiger partial charge in [-0.15, -0.1) is 24.0 Å². The lowest BCUT2D eigenvalue weighted by atomic mass is 10.2. The molecule has 1 heterocycles. The van der Waals surface area contributed by atoms with Crippen molar-refractivity contribution in [2.24, 2.45) is 4.99 Å². The van der Waals surface area contributed by atoms with Gasteiger partial charge in [0.05, 0.1) is 11.4 Å². The fourth-order valence-electron chi connectivity index (χ4n) is 2.83. The van der Waals surface area contributed by atoms with E-state index >= 15 is 0 Å². The number of hydrogen-bond donors (Lipinski definition) is 3. The highest BCUT2D eigenvalue weighted by Gasteiger charge is 2.34. The molecule has 0 aliphatic carbocycles. The molecular weight excluding hydrogens is 510 g/mol. The Hall–Kier alpha value is -1.12. The Bertz CT molecular complexity index is 757. The maximum atomic E-state index is 12.5. The van der Waals surface area contributed by atoms with Crippen molar-refractivity contribution in [2.45, 2.75) is 30.1 Å². The highest BCUT2D eigenvalue weighted by molar-refractivity contribution is 14.0. The van der Waals surface area contributed by atoms with Crippen molar-refractivity contribution >= 4 is 40.0 Å². The monoisotopic (exact) mass is 535 g/mol. The van der Waals surface area contributed by atoms with Gasteiger partial charge in [-0.05, 0) is 31.2 Å². The number of nitrogens with zero attached hydrogens (tertiary/aromatic N) is 2. The van der Waals surface area contributed by atoms with E-state index in [2.05, 4.69) is 20.3 Å². The Kier molecular flexibility index (Phi) is 9.43. The van der Waals surface area contributed by atoms with Gasteiger partial charge in [0.2, 0.25) is 10.0 Å². The maximum Gasteiger partial charge on any atom is 0.401 e. The van der Waals surface area contributed by atoms with Crippen LogP contribution in [0.2, 0.25) is 0 Å². The highest BCUT2D eigenvalue weighted by atomic mass is 127. The molecule has 12 heteroatoms. The van der Waals surface area contributed by atoms with E-state index in [1.807, 2.05) is 0 Å². The summed E-state index contributed by atoms with van der Waals surface area (Å²) < 4.78 is 63.0. The third-order valence-electron chi connectivity index (χ3n) is 4.20. The van der Waals surface area contributed by atoms with Crippen LogP contribution in [-0.4, -0.2) is 65.2 Å². The molecule has 0 saturated carbocycles. The highest BCUT2D eigenvalue weighted by Crippen LogP contribution is 2.19. The van der Waals surface area contributed by atoms with Crippen LogP contribution >= 0.6 is 24.0 Å². The lowest BCUT2D eigenvalue weighted by molar-refractivity contribution is -0.143. The molecule has 1 aromatic rings. The molecule has 0 radical (unpaired) electrons. The molecule has 2 rings (SSSR count). The summed E-state index contributed by atoms with van der Waals surface area (Å²) in [6.07, 6.45) is -3.59. The third-order valence-corrected chi connectivity index (χ3v) is 5.63. The summed E-state index contributed by atoms with van der Waals surface area (Å²) in [6, 6.07) is 6.27. The van der Waals surface area contributed by atoms with Gasteiger partial charge >= 0.3 is 6.18 Å². The number of hydrogen-bond acceptors (Lipinski definition) is 4. The van der Waals surface area contributed by atoms with Crippen molar-refractivity contribution in [2.75, 3.05) is 33.7 Å². The molecule has 28 heavy (non-hydrogen) atoms. The lowest BCUT2D eigenvalue weighted by Crippen LogP contribution is -2.44. The molecule has 7 nitrogen and oxygen atoms in total. The fraction of sp³-hybridized carbons (Fsp3) is 0.562. The predicted octanol–water partition coefficient (Wildman–Crippen LogP) is 1.51. The lowest BCUT2D eigenvalue weighted by Gasteiger charge is -2.19. The first kappa shape index (κ1) is 24.9. The van der Waals surface area contributed by atoms with Crippen LogP contribution in [0.5, 0.6) is 0 Å². The number of alkyl halides is 3. The summed E-state index contributed by atoms with van der Waals surface area (Å²) >= 11 is 0. The number of aliphatic imine (C=N–C) groups is 1. The Morgan fingerprint density at radius 1 is 1.29 bits per heavy atom. The van der Waals surface area contributed by atoms with Crippen LogP contribution in [0.25, 0.3) is 0 Å². The normalized spacial score (nSPS) is 18.6. The van der Waals surface area contributed by atoms with Gasteiger partial charge in [0.1, 0.15) is 0 Å². The van der Waals surface area contributed by atoms with E-state index in [1.54, 1.807) is 19.2 Å². The van der Waals surface area contributed by atoms with Crippen molar-refractivity contribution in [3.8, 4) is 0 Å². The average molecular weight is 535 g/mol. The van der Waals surface area contributed by atoms with Gasteiger partial charge in [-0.3, -0.25) is 9.89 Å². The van der Waals surface area contributed by atoms with Crippen molar-refractivity contribution in [1.29, 1.82) is 0 Å². The van der Waals surface area contributed by atoms with Gasteiger partial charge in [-0.25, -0.2) is 13.1 Å². The first-order valence-corrected chi connectivity index (χ1v) is 9.90. The zero-order chi connectivity index (χ0) is 20.1. The molecule has 0 bridgehead atoms. The summed E-state index contributed by atoms with van der Waals surface area (Å²) in [5.74, 6) is 0.487. The zero-order valence-corrected chi connectivity index (χ0v) is 18.7. The van der Waals surface area contributed by atoms with Crippen LogP contribution in [0, 0.1) is 0 Å². The largest absolute Gasteiger partial charge is 0.401 e. The van der Waals surface area contributed by atoms with E-state index in [0.717, 1.165) is 5.56 Å². The molecule has 1 aliphatic heterocycles. The van der Waals surface area contributed by atoms with E-state index in [-0.39, 0.29) is 34.9 Å². The fourth-order valence-corrected chi connectivity index (χ4v) is 3.56. The minimum Gasteiger partial charge on any atom is -0.352 e. The molecule has 1 unspecified atom stereocenters. The zero-order valence-electron chi connectivity index (χ0n) is 15.6. The van der Waals surface area contributed by atoms with Gasteiger partial charge in [0, 0.05) is 32.7 Å². The summed E-state index contributed by atoms with van der Waals surface area (Å²) in [5.41, 5.74) is 0.845. The number of guanidine groups is 1. The first-order valence-electron chi connectivity index (χ1n) is 8.42. The van der Waals surface area contributed by atoms with Crippen LogP contribution in [-0.2, 0) is 16.6 Å². The molecule has 1 aliphatic rings. The Balaban J connectivity index is 0.00000392. The van der Waals surface area contributed by atoms with Crippen molar-refractivity contribution < 1.29 is 21.6 Å². The Morgan fingerprint density at radius 3 is 2.46 bits per heavy atom. The summed E-state index contributed by atoms with van der Waals surface area (Å²) in [5, 5.41) is 6.20. The van der Waals surface area contributed by atoms with Gasteiger partial charge in [0.25, 0.3) is 0 Å². The summed E-state index contributed by atoms with van der Waals surface area (Å²) in [4.78, 5) is 5.62. The van der Waals surface area contributed by atoms with E-state index in [0.29, 0.717) is 32.0 Å². The van der Waals surface area contributed by atoms with E-state index in [9.17, 15) is 21.6 Å². The maximum absolute atomic E-state index is 12.5. The van der Waals surface area contributed by atoms with E-state index in [4.69, 9.17) is 0 Å². The van der Waals surface area contributed by atoms with Gasteiger partial charge < -0.3 is 10.6 Å². The van der Waals surface area contributed by atoms with Crippen LogP contribution in [0.4, 0.5) is 13.2 Å². The van der Waals surface area contributed by atoms with Crippen LogP contribution in [0.15, 0.2) is 34.2 Å². The topological polar surface area (TPSA) is 85.8 Å². The number of rotatable bonds is 6. The molecule has 3 N–H and O–H groups in total. The average Bonchev–Trinajstić information content (AvgIpc) is 3.03. The number of sulfonamides is 1. The second-order valence-corrected chi connectivity index (χ2v) is 8.14. The Morgan fingerprint density at radius 2 is 1.93 bits per heavy atom. The number of likely N-dealkylation sites (tertiary alicyclic amines) is 1. The van der Waals surface area contributed by atoms with Gasteiger partial charge in [-0.1, -0.05) is 12.1 Å². The quantitative estimate of drug-likeness (QED) is 0.292. The smallest absolute Gasteiger partial charge is 0.352 e. The molecule has 1 fully saturated rings. The number of halogens is 4.